The molecule has 2 heterocycles. The van der Waals surface area contributed by atoms with Crippen LogP contribution in [0.3, 0.4) is 0 Å². The van der Waals surface area contributed by atoms with Crippen molar-refractivity contribution >= 4 is 17.8 Å². The summed E-state index contributed by atoms with van der Waals surface area (Å²) in [5.74, 6) is -0.664. The summed E-state index contributed by atoms with van der Waals surface area (Å²) in [6, 6.07) is 6.63. The van der Waals surface area contributed by atoms with Gasteiger partial charge in [-0.3, -0.25) is 9.59 Å². The van der Waals surface area contributed by atoms with Crippen LogP contribution < -0.4 is 0 Å². The number of hydrogen-bond donors (Lipinski definition) is 0. The Morgan fingerprint density at radius 3 is 2.50 bits per heavy atom. The number of likely N-dealkylation sites (tertiary alicyclic amines) is 2. The van der Waals surface area contributed by atoms with Gasteiger partial charge in [-0.2, -0.15) is 0 Å². The van der Waals surface area contributed by atoms with Gasteiger partial charge in [0.25, 0.3) is 5.91 Å². The largest absolute Gasteiger partial charge is 0.465 e. The average molecular weight is 360 g/mol. The maximum Gasteiger partial charge on any atom is 0.338 e. The van der Waals surface area contributed by atoms with E-state index in [1.807, 2.05) is 4.90 Å². The topological polar surface area (TPSA) is 76.2 Å². The molecule has 7 nitrogen and oxygen atoms in total. The molecule has 2 saturated heterocycles. The first-order valence-corrected chi connectivity index (χ1v) is 8.77. The molecule has 0 radical (unpaired) electrons. The summed E-state index contributed by atoms with van der Waals surface area (Å²) < 4.78 is 9.83. The Bertz CT molecular complexity index is 720. The Morgan fingerprint density at radius 1 is 1.12 bits per heavy atom. The van der Waals surface area contributed by atoms with Crippen molar-refractivity contribution in [1.29, 1.82) is 0 Å². The number of hydrogen-bond acceptors (Lipinski definition) is 5. The van der Waals surface area contributed by atoms with Crippen LogP contribution in [0.5, 0.6) is 0 Å². The summed E-state index contributed by atoms with van der Waals surface area (Å²) in [6.45, 7) is 2.69. The van der Waals surface area contributed by atoms with E-state index in [0.717, 1.165) is 6.42 Å². The monoisotopic (exact) mass is 360 g/mol. The molecule has 3 rings (SSSR count). The molecule has 1 atom stereocenters. The number of benzene rings is 1. The highest BCUT2D eigenvalue weighted by Gasteiger charge is 2.51. The van der Waals surface area contributed by atoms with Crippen molar-refractivity contribution in [2.75, 3.05) is 47.0 Å². The third-order valence-corrected chi connectivity index (χ3v) is 5.37. The van der Waals surface area contributed by atoms with E-state index >= 15 is 0 Å². The minimum absolute atomic E-state index is 0.103. The number of nitrogens with zero attached hydrogens (tertiary/aromatic N) is 2. The molecule has 1 unspecified atom stereocenters. The average Bonchev–Trinajstić information content (AvgIpc) is 3.24. The van der Waals surface area contributed by atoms with Gasteiger partial charge in [-0.05, 0) is 25.0 Å². The van der Waals surface area contributed by atoms with Gasteiger partial charge in [0.05, 0.1) is 30.3 Å². The van der Waals surface area contributed by atoms with Gasteiger partial charge in [0, 0.05) is 33.3 Å². The number of methoxy groups -OCH3 is 2. The van der Waals surface area contributed by atoms with Crippen LogP contribution in [0.15, 0.2) is 24.3 Å². The summed E-state index contributed by atoms with van der Waals surface area (Å²) in [7, 11) is 2.91. The van der Waals surface area contributed by atoms with Crippen molar-refractivity contribution < 1.29 is 23.9 Å². The van der Waals surface area contributed by atoms with Crippen LogP contribution in [0.4, 0.5) is 0 Å². The lowest BCUT2D eigenvalue weighted by Gasteiger charge is -2.24. The predicted molar refractivity (Wildman–Crippen MR) is 93.8 cm³/mol. The standard InChI is InChI=1S/C19H24N2O5/c1-25-12-11-20-9-7-19(18(20)24)8-10-21(13-19)16(22)14-5-3-4-6-15(14)17(23)26-2/h3-6H,7-13H2,1-2H3. The summed E-state index contributed by atoms with van der Waals surface area (Å²) in [6.07, 6.45) is 1.40. The minimum Gasteiger partial charge on any atom is -0.465 e. The second-order valence-corrected chi connectivity index (χ2v) is 6.83. The Kier molecular flexibility index (Phi) is 5.27. The van der Waals surface area contributed by atoms with Crippen molar-refractivity contribution in [1.82, 2.24) is 9.80 Å². The summed E-state index contributed by atoms with van der Waals surface area (Å²) in [5.41, 5.74) is 0.0716. The van der Waals surface area contributed by atoms with Crippen LogP contribution in [0.25, 0.3) is 0 Å². The number of ether oxygens (including phenoxy) is 2. The van der Waals surface area contributed by atoms with E-state index in [9.17, 15) is 14.4 Å². The zero-order valence-electron chi connectivity index (χ0n) is 15.2. The van der Waals surface area contributed by atoms with Crippen LogP contribution in [-0.2, 0) is 14.3 Å². The molecule has 0 bridgehead atoms. The van der Waals surface area contributed by atoms with Gasteiger partial charge in [0.2, 0.25) is 5.91 Å². The molecule has 0 aromatic heterocycles. The normalized spacial score (nSPS) is 22.3. The maximum absolute atomic E-state index is 13.0. The van der Waals surface area contributed by atoms with Gasteiger partial charge in [0.1, 0.15) is 0 Å². The molecule has 1 aromatic carbocycles. The second kappa shape index (κ2) is 7.45. The highest BCUT2D eigenvalue weighted by Crippen LogP contribution is 2.41. The van der Waals surface area contributed by atoms with Gasteiger partial charge in [-0.15, -0.1) is 0 Å². The van der Waals surface area contributed by atoms with E-state index in [-0.39, 0.29) is 17.4 Å². The summed E-state index contributed by atoms with van der Waals surface area (Å²) >= 11 is 0. The van der Waals surface area contributed by atoms with Crippen molar-refractivity contribution in [2.45, 2.75) is 12.8 Å². The van der Waals surface area contributed by atoms with Crippen LogP contribution in [0, 0.1) is 5.41 Å². The molecular formula is C19H24N2O5. The van der Waals surface area contributed by atoms with E-state index in [2.05, 4.69) is 0 Å². The van der Waals surface area contributed by atoms with Crippen molar-refractivity contribution in [3.63, 3.8) is 0 Å². The Morgan fingerprint density at radius 2 is 1.81 bits per heavy atom. The van der Waals surface area contributed by atoms with Crippen LogP contribution in [0.1, 0.15) is 33.6 Å². The maximum atomic E-state index is 13.0. The van der Waals surface area contributed by atoms with Gasteiger partial charge < -0.3 is 19.3 Å². The zero-order valence-corrected chi connectivity index (χ0v) is 15.2. The first-order valence-electron chi connectivity index (χ1n) is 8.77. The molecule has 2 fully saturated rings. The molecule has 2 amide bonds. The highest BCUT2D eigenvalue weighted by molar-refractivity contribution is 6.05. The molecule has 2 aliphatic heterocycles. The highest BCUT2D eigenvalue weighted by atomic mass is 16.5. The van der Waals surface area contributed by atoms with Crippen molar-refractivity contribution in [3.05, 3.63) is 35.4 Å². The molecule has 1 aromatic rings. The Balaban J connectivity index is 1.75. The molecule has 7 heteroatoms. The number of rotatable bonds is 5. The molecule has 0 aliphatic carbocycles. The number of carbonyl (C=O) groups excluding carboxylic acids is 3. The zero-order chi connectivity index (χ0) is 18.7. The van der Waals surface area contributed by atoms with E-state index in [4.69, 9.17) is 9.47 Å². The van der Waals surface area contributed by atoms with E-state index in [0.29, 0.717) is 44.8 Å². The number of carbonyl (C=O) groups is 3. The van der Waals surface area contributed by atoms with Crippen LogP contribution >= 0.6 is 0 Å². The molecular weight excluding hydrogens is 336 g/mol. The van der Waals surface area contributed by atoms with Crippen LogP contribution in [0.2, 0.25) is 0 Å². The van der Waals surface area contributed by atoms with Gasteiger partial charge in [-0.25, -0.2) is 4.79 Å². The molecule has 1 spiro atoms. The van der Waals surface area contributed by atoms with E-state index in [1.165, 1.54) is 7.11 Å². The third-order valence-electron chi connectivity index (χ3n) is 5.37. The first kappa shape index (κ1) is 18.4. The Hall–Kier alpha value is -2.41. The first-order chi connectivity index (χ1) is 12.5. The lowest BCUT2D eigenvalue weighted by Crippen LogP contribution is -2.39. The molecule has 140 valence electrons. The lowest BCUT2D eigenvalue weighted by atomic mass is 9.85. The molecule has 0 saturated carbocycles. The van der Waals surface area contributed by atoms with Crippen LogP contribution in [-0.4, -0.2) is 74.6 Å². The van der Waals surface area contributed by atoms with Gasteiger partial charge in [-0.1, -0.05) is 12.1 Å². The van der Waals surface area contributed by atoms with Crippen molar-refractivity contribution in [3.8, 4) is 0 Å². The van der Waals surface area contributed by atoms with E-state index in [1.54, 1.807) is 36.3 Å². The quantitative estimate of drug-likeness (QED) is 0.737. The van der Waals surface area contributed by atoms with Gasteiger partial charge >= 0.3 is 5.97 Å². The van der Waals surface area contributed by atoms with Gasteiger partial charge in [0.15, 0.2) is 0 Å². The van der Waals surface area contributed by atoms with E-state index < -0.39 is 11.4 Å². The molecule has 26 heavy (non-hydrogen) atoms. The fourth-order valence-corrected chi connectivity index (χ4v) is 3.86. The fraction of sp³-hybridized carbons (Fsp3) is 0.526. The molecule has 0 N–H and O–H groups in total. The Labute approximate surface area is 152 Å². The van der Waals surface area contributed by atoms with Crippen molar-refractivity contribution in [2.24, 2.45) is 5.41 Å². The smallest absolute Gasteiger partial charge is 0.338 e. The second-order valence-electron chi connectivity index (χ2n) is 6.83. The lowest BCUT2D eigenvalue weighted by molar-refractivity contribution is -0.135. The third kappa shape index (κ3) is 3.19. The summed E-state index contributed by atoms with van der Waals surface area (Å²) in [5, 5.41) is 0. The number of esters is 1. The predicted octanol–water partition coefficient (Wildman–Crippen LogP) is 1.18. The fourth-order valence-electron chi connectivity index (χ4n) is 3.86. The molecule has 2 aliphatic rings. The number of amides is 2. The summed E-state index contributed by atoms with van der Waals surface area (Å²) in [4.78, 5) is 41.2. The SMILES string of the molecule is COCCN1CCC2(CCN(C(=O)c3ccccc3C(=O)OC)C2)C1=O. The minimum atomic E-state index is -0.537.